The van der Waals surface area contributed by atoms with E-state index >= 15 is 0 Å². The molecule has 1 fully saturated rings. The molecule has 0 unspecified atom stereocenters. The summed E-state index contributed by atoms with van der Waals surface area (Å²) in [5.74, 6) is 0. The zero-order valence-corrected chi connectivity index (χ0v) is 11.0. The highest BCUT2D eigenvalue weighted by Gasteiger charge is 2.25. The highest BCUT2D eigenvalue weighted by Crippen LogP contribution is 2.25. The van der Waals surface area contributed by atoms with E-state index in [1.54, 1.807) is 0 Å². The Kier molecular flexibility index (Phi) is 5.62. The van der Waals surface area contributed by atoms with E-state index in [2.05, 4.69) is 37.7 Å². The van der Waals surface area contributed by atoms with Gasteiger partial charge in [-0.25, -0.2) is 0 Å². The van der Waals surface area contributed by atoms with Crippen LogP contribution in [0.4, 0.5) is 0 Å². The predicted octanol–water partition coefficient (Wildman–Crippen LogP) is 2.59. The van der Waals surface area contributed by atoms with Crippen molar-refractivity contribution in [2.24, 2.45) is 0 Å². The van der Waals surface area contributed by atoms with Gasteiger partial charge in [-0.15, -0.1) is 0 Å². The molecule has 0 bridgehead atoms. The summed E-state index contributed by atoms with van der Waals surface area (Å²) >= 11 is 0. The Hall–Kier alpha value is -0.0800. The summed E-state index contributed by atoms with van der Waals surface area (Å²) in [5.41, 5.74) is 0. The molecule has 0 aromatic heterocycles. The van der Waals surface area contributed by atoms with Crippen molar-refractivity contribution in [1.82, 2.24) is 9.80 Å². The minimum atomic E-state index is 0.835. The Balaban J connectivity index is 2.35. The van der Waals surface area contributed by atoms with Gasteiger partial charge >= 0.3 is 0 Å². The van der Waals surface area contributed by atoms with Gasteiger partial charge in [0.1, 0.15) is 0 Å². The number of hydrogen-bond acceptors (Lipinski definition) is 2. The van der Waals surface area contributed by atoms with Gasteiger partial charge in [0.05, 0.1) is 0 Å². The van der Waals surface area contributed by atoms with Crippen LogP contribution < -0.4 is 0 Å². The number of nitrogens with zero attached hydrogens (tertiary/aromatic N) is 2. The molecular weight excluding hydrogens is 184 g/mol. The summed E-state index contributed by atoms with van der Waals surface area (Å²) in [6.45, 7) is 7.10. The molecule has 15 heavy (non-hydrogen) atoms. The van der Waals surface area contributed by atoms with Crippen molar-refractivity contribution in [1.29, 1.82) is 0 Å². The van der Waals surface area contributed by atoms with Crippen LogP contribution in [0, 0.1) is 0 Å². The van der Waals surface area contributed by atoms with Crippen LogP contribution in [0.25, 0.3) is 0 Å². The largest absolute Gasteiger partial charge is 0.306 e. The monoisotopic (exact) mass is 212 g/mol. The zero-order chi connectivity index (χ0) is 11.3. The van der Waals surface area contributed by atoms with Crippen LogP contribution in [-0.2, 0) is 0 Å². The van der Waals surface area contributed by atoms with Crippen LogP contribution in [0.15, 0.2) is 0 Å². The average Bonchev–Trinajstić information content (AvgIpc) is 2.26. The normalized spacial score (nSPS) is 27.6. The first-order chi connectivity index (χ1) is 7.19. The summed E-state index contributed by atoms with van der Waals surface area (Å²) in [7, 11) is 4.43. The summed E-state index contributed by atoms with van der Waals surface area (Å²) in [6, 6.07) is 1.70. The number of rotatable bonds is 5. The molecule has 90 valence electrons. The molecule has 0 atom stereocenters. The molecule has 1 aliphatic rings. The summed E-state index contributed by atoms with van der Waals surface area (Å²) in [6.07, 6.45) is 6.87. The van der Waals surface area contributed by atoms with E-state index in [1.165, 1.54) is 45.2 Å². The van der Waals surface area contributed by atoms with Crippen LogP contribution in [0.2, 0.25) is 0 Å². The van der Waals surface area contributed by atoms with Crippen molar-refractivity contribution in [3.05, 3.63) is 0 Å². The molecule has 0 heterocycles. The van der Waals surface area contributed by atoms with Crippen molar-refractivity contribution in [2.45, 2.75) is 58.0 Å². The van der Waals surface area contributed by atoms with Gasteiger partial charge in [-0.3, -0.25) is 0 Å². The van der Waals surface area contributed by atoms with E-state index in [1.807, 2.05) is 0 Å². The summed E-state index contributed by atoms with van der Waals surface area (Å²) < 4.78 is 0. The van der Waals surface area contributed by atoms with Gasteiger partial charge in [-0.05, 0) is 59.3 Å². The first-order valence-corrected chi connectivity index (χ1v) is 6.59. The predicted molar refractivity (Wildman–Crippen MR) is 67.3 cm³/mol. The van der Waals surface area contributed by atoms with E-state index in [0.29, 0.717) is 0 Å². The number of hydrogen-bond donors (Lipinski definition) is 0. The van der Waals surface area contributed by atoms with Crippen LogP contribution >= 0.6 is 0 Å². The van der Waals surface area contributed by atoms with Crippen molar-refractivity contribution in [3.8, 4) is 0 Å². The maximum absolute atomic E-state index is 2.67. The first kappa shape index (κ1) is 13.0. The van der Waals surface area contributed by atoms with Crippen LogP contribution in [0.1, 0.15) is 46.0 Å². The van der Waals surface area contributed by atoms with E-state index in [0.717, 1.165) is 12.1 Å². The van der Waals surface area contributed by atoms with E-state index in [9.17, 15) is 0 Å². The van der Waals surface area contributed by atoms with Gasteiger partial charge in [0.25, 0.3) is 0 Å². The molecule has 1 aliphatic carbocycles. The summed E-state index contributed by atoms with van der Waals surface area (Å²) in [5, 5.41) is 0. The molecule has 0 aromatic carbocycles. The molecular formula is C13H28N2. The van der Waals surface area contributed by atoms with Crippen LogP contribution in [-0.4, -0.2) is 49.1 Å². The summed E-state index contributed by atoms with van der Waals surface area (Å²) in [4.78, 5) is 5.07. The minimum absolute atomic E-state index is 0.835. The van der Waals surface area contributed by atoms with Crippen molar-refractivity contribution >= 4 is 0 Å². The highest BCUT2D eigenvalue weighted by molar-refractivity contribution is 4.82. The molecule has 2 heteroatoms. The second-order valence-electron chi connectivity index (χ2n) is 5.05. The van der Waals surface area contributed by atoms with Crippen LogP contribution in [0.3, 0.4) is 0 Å². The first-order valence-electron chi connectivity index (χ1n) is 6.59. The minimum Gasteiger partial charge on any atom is -0.306 e. The zero-order valence-electron chi connectivity index (χ0n) is 11.0. The van der Waals surface area contributed by atoms with Crippen molar-refractivity contribution < 1.29 is 0 Å². The maximum atomic E-state index is 2.67. The lowest BCUT2D eigenvalue weighted by molar-refractivity contribution is 0.122. The standard InChI is InChI=1S/C13H28N2/c1-5-11-15(6-2)13-9-7-12(8-10-13)14(3)4/h12-13H,5-11H2,1-4H3. The maximum Gasteiger partial charge on any atom is 0.00962 e. The van der Waals surface area contributed by atoms with E-state index < -0.39 is 0 Å². The van der Waals surface area contributed by atoms with E-state index in [-0.39, 0.29) is 0 Å². The molecule has 0 saturated heterocycles. The molecule has 0 spiro atoms. The Morgan fingerprint density at radius 3 is 1.87 bits per heavy atom. The third-order valence-corrected chi connectivity index (χ3v) is 3.83. The van der Waals surface area contributed by atoms with Gasteiger partial charge < -0.3 is 9.80 Å². The average molecular weight is 212 g/mol. The second-order valence-corrected chi connectivity index (χ2v) is 5.05. The van der Waals surface area contributed by atoms with Crippen molar-refractivity contribution in [2.75, 3.05) is 27.2 Å². The fourth-order valence-corrected chi connectivity index (χ4v) is 2.83. The SMILES string of the molecule is CCCN(CC)C1CCC(N(C)C)CC1. The Morgan fingerprint density at radius 1 is 0.933 bits per heavy atom. The lowest BCUT2D eigenvalue weighted by atomic mass is 9.89. The molecule has 0 aromatic rings. The Morgan fingerprint density at radius 2 is 1.47 bits per heavy atom. The van der Waals surface area contributed by atoms with Gasteiger partial charge in [-0.2, -0.15) is 0 Å². The lowest BCUT2D eigenvalue weighted by Gasteiger charge is -2.38. The van der Waals surface area contributed by atoms with Gasteiger partial charge in [0.15, 0.2) is 0 Å². The molecule has 0 aliphatic heterocycles. The molecule has 1 saturated carbocycles. The molecule has 2 nitrogen and oxygen atoms in total. The fraction of sp³-hybridized carbons (Fsp3) is 1.00. The third-order valence-electron chi connectivity index (χ3n) is 3.83. The highest BCUT2D eigenvalue weighted by atomic mass is 15.2. The van der Waals surface area contributed by atoms with Gasteiger partial charge in [-0.1, -0.05) is 13.8 Å². The molecule has 0 amide bonds. The lowest BCUT2D eigenvalue weighted by Crippen LogP contribution is -2.42. The third kappa shape index (κ3) is 3.76. The molecule has 1 rings (SSSR count). The molecule has 0 radical (unpaired) electrons. The second kappa shape index (κ2) is 6.49. The quantitative estimate of drug-likeness (QED) is 0.691. The van der Waals surface area contributed by atoms with Gasteiger partial charge in [0.2, 0.25) is 0 Å². The van der Waals surface area contributed by atoms with E-state index in [4.69, 9.17) is 0 Å². The Labute approximate surface area is 95.6 Å². The van der Waals surface area contributed by atoms with Gasteiger partial charge in [0, 0.05) is 12.1 Å². The fourth-order valence-electron chi connectivity index (χ4n) is 2.83. The smallest absolute Gasteiger partial charge is 0.00962 e. The van der Waals surface area contributed by atoms with Crippen molar-refractivity contribution in [3.63, 3.8) is 0 Å². The Bertz CT molecular complexity index is 160. The molecule has 0 N–H and O–H groups in total. The van der Waals surface area contributed by atoms with Crippen LogP contribution in [0.5, 0.6) is 0 Å². The topological polar surface area (TPSA) is 6.48 Å².